The molecule has 0 saturated carbocycles. The van der Waals surface area contributed by atoms with Crippen molar-refractivity contribution in [3.8, 4) is 0 Å². The molecule has 1 amide bonds. The first-order valence-electron chi connectivity index (χ1n) is 12.6. The Hall–Kier alpha value is -2.64. The molecule has 2 unspecified atom stereocenters. The molecule has 3 aromatic rings. The summed E-state index contributed by atoms with van der Waals surface area (Å²) in [4.78, 5) is 18.1. The average Bonchev–Trinajstić information content (AvgIpc) is 3.56. The van der Waals surface area contributed by atoms with Crippen molar-refractivity contribution < 1.29 is 18.0 Å². The van der Waals surface area contributed by atoms with E-state index < -0.39 is 11.7 Å². The maximum Gasteiger partial charge on any atom is 0.416 e. The minimum atomic E-state index is -4.38. The zero-order chi connectivity index (χ0) is 25.1. The maximum absolute atomic E-state index is 13.4. The van der Waals surface area contributed by atoms with Gasteiger partial charge in [0.05, 0.1) is 10.4 Å². The number of alkyl halides is 3. The molecule has 0 aliphatic carbocycles. The third kappa shape index (κ3) is 5.84. The van der Waals surface area contributed by atoms with Gasteiger partial charge in [-0.25, -0.2) is 0 Å². The first-order valence-corrected chi connectivity index (χ1v) is 13.5. The Morgan fingerprint density at radius 3 is 2.42 bits per heavy atom. The summed E-state index contributed by atoms with van der Waals surface area (Å²) in [5.74, 6) is 0.621. The van der Waals surface area contributed by atoms with Gasteiger partial charge in [0.2, 0.25) is 0 Å². The number of hydrogen-bond acceptors (Lipinski definition) is 3. The summed E-state index contributed by atoms with van der Waals surface area (Å²) in [7, 11) is 0. The number of halogens is 3. The highest BCUT2D eigenvalue weighted by atomic mass is 32.1. The van der Waals surface area contributed by atoms with Crippen molar-refractivity contribution in [3.63, 3.8) is 0 Å². The molecule has 2 fully saturated rings. The van der Waals surface area contributed by atoms with Crippen LogP contribution in [-0.2, 0) is 12.6 Å². The number of likely N-dealkylation sites (tertiary alicyclic amines) is 2. The molecule has 2 aliphatic rings. The molecule has 5 rings (SSSR count). The predicted molar refractivity (Wildman–Crippen MR) is 137 cm³/mol. The smallest absolute Gasteiger partial charge is 0.337 e. The van der Waals surface area contributed by atoms with Crippen LogP contribution in [0.4, 0.5) is 13.2 Å². The summed E-state index contributed by atoms with van der Waals surface area (Å²) < 4.78 is 40.3. The van der Waals surface area contributed by atoms with Gasteiger partial charge < -0.3 is 9.80 Å². The third-order valence-electron chi connectivity index (χ3n) is 7.67. The van der Waals surface area contributed by atoms with Crippen LogP contribution < -0.4 is 0 Å². The Bertz CT molecular complexity index is 1140. The zero-order valence-electron chi connectivity index (χ0n) is 20.2. The summed E-state index contributed by atoms with van der Waals surface area (Å²) in [5.41, 5.74) is 1.43. The molecule has 0 radical (unpaired) electrons. The summed E-state index contributed by atoms with van der Waals surface area (Å²) in [6.07, 6.45) is -1.05. The number of carbonyl (C=O) groups excluding carboxylic acids is 1. The lowest BCUT2D eigenvalue weighted by Crippen LogP contribution is -2.39. The van der Waals surface area contributed by atoms with Gasteiger partial charge in [0.15, 0.2) is 0 Å². The fourth-order valence-corrected chi connectivity index (χ4v) is 6.44. The molecule has 0 spiro atoms. The number of hydrogen-bond donors (Lipinski definition) is 0. The van der Waals surface area contributed by atoms with Crippen molar-refractivity contribution in [2.24, 2.45) is 11.8 Å². The Balaban J connectivity index is 1.28. The third-order valence-corrected chi connectivity index (χ3v) is 8.53. The van der Waals surface area contributed by atoms with Crippen LogP contribution >= 0.6 is 11.3 Å². The lowest BCUT2D eigenvalue weighted by molar-refractivity contribution is -0.137. The fraction of sp³-hybridized carbons (Fsp3) is 0.414. The average molecular weight is 513 g/mol. The Morgan fingerprint density at radius 2 is 1.72 bits per heavy atom. The quantitative estimate of drug-likeness (QED) is 0.373. The van der Waals surface area contributed by atoms with Gasteiger partial charge in [0.25, 0.3) is 5.91 Å². The molecule has 7 heteroatoms. The van der Waals surface area contributed by atoms with E-state index in [4.69, 9.17) is 0 Å². The highest BCUT2D eigenvalue weighted by Gasteiger charge is 2.39. The second kappa shape index (κ2) is 10.8. The van der Waals surface area contributed by atoms with Gasteiger partial charge in [-0.15, -0.1) is 11.3 Å². The van der Waals surface area contributed by atoms with Crippen molar-refractivity contribution >= 4 is 17.2 Å². The van der Waals surface area contributed by atoms with Crippen LogP contribution in [0.15, 0.2) is 72.1 Å². The number of piperidine rings is 1. The van der Waals surface area contributed by atoms with Crippen LogP contribution in [0.2, 0.25) is 0 Å². The monoisotopic (exact) mass is 512 g/mol. The minimum Gasteiger partial charge on any atom is -0.337 e. The number of thiophene rings is 1. The molecule has 2 atom stereocenters. The van der Waals surface area contributed by atoms with E-state index in [2.05, 4.69) is 29.2 Å². The van der Waals surface area contributed by atoms with Crippen LogP contribution in [0.1, 0.15) is 45.1 Å². The van der Waals surface area contributed by atoms with E-state index in [0.717, 1.165) is 45.0 Å². The van der Waals surface area contributed by atoms with E-state index in [0.29, 0.717) is 29.4 Å². The lowest BCUT2D eigenvalue weighted by Gasteiger charge is -2.34. The predicted octanol–water partition coefficient (Wildman–Crippen LogP) is 6.58. The number of benzene rings is 2. The highest BCUT2D eigenvalue weighted by molar-refractivity contribution is 7.12. The van der Waals surface area contributed by atoms with Gasteiger partial charge in [-0.2, -0.15) is 13.2 Å². The van der Waals surface area contributed by atoms with Gasteiger partial charge in [0.1, 0.15) is 0 Å². The number of nitrogens with zero attached hydrogens (tertiary/aromatic N) is 2. The molecule has 2 aliphatic heterocycles. The first kappa shape index (κ1) is 25.0. The Labute approximate surface area is 214 Å². The van der Waals surface area contributed by atoms with Gasteiger partial charge in [0, 0.05) is 25.6 Å². The van der Waals surface area contributed by atoms with E-state index in [1.807, 2.05) is 28.5 Å². The van der Waals surface area contributed by atoms with Crippen LogP contribution in [0.25, 0.3) is 0 Å². The maximum atomic E-state index is 13.4. The second-order valence-corrected chi connectivity index (χ2v) is 11.1. The van der Waals surface area contributed by atoms with Crippen LogP contribution in [0.5, 0.6) is 0 Å². The molecular formula is C29H31F3N2OS. The number of amides is 1. The molecular weight excluding hydrogens is 481 g/mol. The summed E-state index contributed by atoms with van der Waals surface area (Å²) >= 11 is 1.41. The highest BCUT2D eigenvalue weighted by Crippen LogP contribution is 2.38. The molecule has 0 N–H and O–H groups in total. The van der Waals surface area contributed by atoms with E-state index in [9.17, 15) is 18.0 Å². The first-order chi connectivity index (χ1) is 17.4. The Kier molecular flexibility index (Phi) is 7.49. The van der Waals surface area contributed by atoms with Crippen molar-refractivity contribution in [3.05, 3.63) is 93.7 Å². The summed E-state index contributed by atoms with van der Waals surface area (Å²) in [6, 6.07) is 19.9. The fourth-order valence-electron chi connectivity index (χ4n) is 5.75. The van der Waals surface area contributed by atoms with E-state index in [1.54, 1.807) is 6.07 Å². The second-order valence-electron chi connectivity index (χ2n) is 10.1. The van der Waals surface area contributed by atoms with Gasteiger partial charge in [-0.05, 0) is 72.8 Å². The van der Waals surface area contributed by atoms with Gasteiger partial charge >= 0.3 is 6.18 Å². The zero-order valence-corrected chi connectivity index (χ0v) is 21.0. The normalized spacial score (nSPS) is 21.7. The van der Waals surface area contributed by atoms with Crippen molar-refractivity contribution in [1.29, 1.82) is 0 Å². The standard InChI is InChI=1S/C29H31F3N2OS/c30-29(31,32)25-9-4-8-23(17-25)26-20-34(28(35)27-10-5-15-36-27)19-24(26)18-33-13-11-22(12-14-33)16-21-6-2-1-3-7-21/h1-10,15,17,22,24,26H,11-14,16,18-20H2. The topological polar surface area (TPSA) is 23.6 Å². The van der Waals surface area contributed by atoms with Crippen LogP contribution in [0, 0.1) is 11.8 Å². The van der Waals surface area contributed by atoms with Crippen LogP contribution in [0.3, 0.4) is 0 Å². The van der Waals surface area contributed by atoms with E-state index in [1.165, 1.54) is 29.0 Å². The molecule has 1 aromatic heterocycles. The van der Waals surface area contributed by atoms with E-state index in [-0.39, 0.29) is 17.7 Å². The summed E-state index contributed by atoms with van der Waals surface area (Å²) in [6.45, 7) is 3.80. The molecule has 190 valence electrons. The van der Waals surface area contributed by atoms with Crippen molar-refractivity contribution in [2.45, 2.75) is 31.4 Å². The summed E-state index contributed by atoms with van der Waals surface area (Å²) in [5, 5.41) is 1.88. The SMILES string of the molecule is O=C(c1cccs1)N1CC(CN2CCC(Cc3ccccc3)CC2)C(c2cccc(C(F)(F)F)c2)C1. The molecule has 36 heavy (non-hydrogen) atoms. The molecule has 2 saturated heterocycles. The van der Waals surface area contributed by atoms with Gasteiger partial charge in [-0.1, -0.05) is 54.6 Å². The van der Waals surface area contributed by atoms with E-state index >= 15 is 0 Å². The molecule has 3 heterocycles. The lowest BCUT2D eigenvalue weighted by atomic mass is 9.86. The van der Waals surface area contributed by atoms with Gasteiger partial charge in [-0.3, -0.25) is 4.79 Å². The van der Waals surface area contributed by atoms with Crippen LogP contribution in [-0.4, -0.2) is 48.4 Å². The largest absolute Gasteiger partial charge is 0.416 e. The number of rotatable bonds is 6. The minimum absolute atomic E-state index is 0.0222. The molecule has 3 nitrogen and oxygen atoms in total. The van der Waals surface area contributed by atoms with Crippen molar-refractivity contribution in [1.82, 2.24) is 9.80 Å². The van der Waals surface area contributed by atoms with Crippen molar-refractivity contribution in [2.75, 3.05) is 32.7 Å². The Morgan fingerprint density at radius 1 is 0.944 bits per heavy atom. The molecule has 2 aromatic carbocycles. The molecule has 0 bridgehead atoms. The number of carbonyl (C=O) groups is 1.